The molecule has 0 saturated carbocycles. The van der Waals surface area contributed by atoms with Gasteiger partial charge >= 0.3 is 0 Å². The van der Waals surface area contributed by atoms with Crippen LogP contribution in [-0.4, -0.2) is 11.7 Å². The minimum atomic E-state index is 0.294. The van der Waals surface area contributed by atoms with Crippen LogP contribution < -0.4 is 0 Å². The van der Waals surface area contributed by atoms with Crippen LogP contribution in [0.25, 0.3) is 6.08 Å². The molecule has 2 rings (SSSR count). The van der Waals surface area contributed by atoms with E-state index in [-0.39, 0.29) is 0 Å². The molecule has 22 heavy (non-hydrogen) atoms. The topological polar surface area (TPSA) is 20.2 Å². The van der Waals surface area contributed by atoms with Gasteiger partial charge in [0.05, 0.1) is 0 Å². The number of rotatable bonds is 6. The van der Waals surface area contributed by atoms with Crippen LogP contribution in [-0.2, 0) is 6.42 Å². The number of benzene rings is 1. The molecule has 0 bridgehead atoms. The number of allylic oxidation sites excluding steroid dienone is 3. The van der Waals surface area contributed by atoms with Crippen molar-refractivity contribution in [3.05, 3.63) is 52.6 Å². The van der Waals surface area contributed by atoms with Crippen molar-refractivity contribution in [2.45, 2.75) is 59.3 Å². The standard InChI is InChI=1S/C21H30O/c1-17-8-7-14-21(2,3)20(17)13-12-19-11-6-10-18(16-19)9-4-5-15-22/h6,10-13,16,22H,4-5,7-9,14-15H2,1-3H3/b13-12+. The molecule has 1 nitrogen and oxygen atoms in total. The van der Waals surface area contributed by atoms with Gasteiger partial charge in [-0.25, -0.2) is 0 Å². The van der Waals surface area contributed by atoms with Crippen LogP contribution in [0.4, 0.5) is 0 Å². The maximum Gasteiger partial charge on any atom is 0.0431 e. The first-order valence-corrected chi connectivity index (χ1v) is 8.61. The smallest absolute Gasteiger partial charge is 0.0431 e. The van der Waals surface area contributed by atoms with Gasteiger partial charge in [-0.05, 0) is 67.6 Å². The molecule has 0 saturated heterocycles. The minimum Gasteiger partial charge on any atom is -0.396 e. The van der Waals surface area contributed by atoms with E-state index < -0.39 is 0 Å². The summed E-state index contributed by atoms with van der Waals surface area (Å²) < 4.78 is 0. The maximum atomic E-state index is 8.88. The Morgan fingerprint density at radius 3 is 2.73 bits per heavy atom. The van der Waals surface area contributed by atoms with Crippen LogP contribution in [0, 0.1) is 5.41 Å². The molecule has 1 aliphatic rings. The van der Waals surface area contributed by atoms with Crippen LogP contribution in [0.3, 0.4) is 0 Å². The molecule has 0 heterocycles. The predicted molar refractivity (Wildman–Crippen MR) is 95.8 cm³/mol. The summed E-state index contributed by atoms with van der Waals surface area (Å²) in [6.45, 7) is 7.30. The average molecular weight is 298 g/mol. The number of unbranched alkanes of at least 4 members (excludes halogenated alkanes) is 1. The SMILES string of the molecule is CC1=C(/C=C/c2cccc(CCCCO)c2)C(C)(C)CCC1. The number of aryl methyl sites for hydroxylation is 1. The Hall–Kier alpha value is -1.34. The molecule has 0 unspecified atom stereocenters. The zero-order chi connectivity index (χ0) is 16.0. The Balaban J connectivity index is 2.11. The first-order chi connectivity index (χ1) is 10.5. The summed E-state index contributed by atoms with van der Waals surface area (Å²) in [7, 11) is 0. The lowest BCUT2D eigenvalue weighted by Crippen LogP contribution is -2.18. The molecule has 120 valence electrons. The molecular formula is C21H30O. The van der Waals surface area contributed by atoms with Gasteiger partial charge in [-0.1, -0.05) is 55.8 Å². The van der Waals surface area contributed by atoms with Gasteiger partial charge in [0.15, 0.2) is 0 Å². The third-order valence-electron chi connectivity index (χ3n) is 4.81. The highest BCUT2D eigenvalue weighted by atomic mass is 16.2. The summed E-state index contributed by atoms with van der Waals surface area (Å²) in [6, 6.07) is 8.78. The van der Waals surface area contributed by atoms with Crippen molar-refractivity contribution < 1.29 is 5.11 Å². The van der Waals surface area contributed by atoms with Crippen LogP contribution in [0.5, 0.6) is 0 Å². The zero-order valence-electron chi connectivity index (χ0n) is 14.4. The van der Waals surface area contributed by atoms with E-state index in [0.29, 0.717) is 12.0 Å². The van der Waals surface area contributed by atoms with Crippen LogP contribution in [0.15, 0.2) is 41.5 Å². The fraction of sp³-hybridized carbons (Fsp3) is 0.524. The minimum absolute atomic E-state index is 0.294. The third kappa shape index (κ3) is 4.58. The van der Waals surface area contributed by atoms with Gasteiger partial charge in [0.25, 0.3) is 0 Å². The van der Waals surface area contributed by atoms with Gasteiger partial charge in [0, 0.05) is 6.61 Å². The second kappa shape index (κ2) is 7.78. The maximum absolute atomic E-state index is 8.88. The van der Waals surface area contributed by atoms with Crippen LogP contribution in [0.2, 0.25) is 0 Å². The molecule has 0 atom stereocenters. The lowest BCUT2D eigenvalue weighted by atomic mass is 9.72. The Labute approximate surface area is 135 Å². The largest absolute Gasteiger partial charge is 0.396 e. The zero-order valence-corrected chi connectivity index (χ0v) is 14.4. The highest BCUT2D eigenvalue weighted by Gasteiger charge is 2.26. The number of aliphatic hydroxyl groups excluding tert-OH is 1. The molecule has 0 fully saturated rings. The van der Waals surface area contributed by atoms with Crippen molar-refractivity contribution in [1.29, 1.82) is 0 Å². The Kier molecular flexibility index (Phi) is 6.02. The van der Waals surface area contributed by atoms with Gasteiger partial charge < -0.3 is 5.11 Å². The van der Waals surface area contributed by atoms with Crippen molar-refractivity contribution in [3.8, 4) is 0 Å². The average Bonchev–Trinajstić information content (AvgIpc) is 2.47. The molecule has 1 aromatic carbocycles. The molecule has 0 radical (unpaired) electrons. The monoisotopic (exact) mass is 298 g/mol. The van der Waals surface area contributed by atoms with E-state index >= 15 is 0 Å². The summed E-state index contributed by atoms with van der Waals surface area (Å²) in [4.78, 5) is 0. The number of aliphatic hydroxyl groups is 1. The highest BCUT2D eigenvalue weighted by molar-refractivity contribution is 5.55. The van der Waals surface area contributed by atoms with E-state index in [1.807, 2.05) is 0 Å². The predicted octanol–water partition coefficient (Wildman–Crippen LogP) is 5.54. The van der Waals surface area contributed by atoms with E-state index in [2.05, 4.69) is 57.2 Å². The van der Waals surface area contributed by atoms with Crippen LogP contribution in [0.1, 0.15) is 64.0 Å². The summed E-state index contributed by atoms with van der Waals surface area (Å²) in [5, 5.41) is 8.88. The van der Waals surface area contributed by atoms with E-state index in [9.17, 15) is 0 Å². The summed E-state index contributed by atoms with van der Waals surface area (Å²) in [6.07, 6.45) is 11.4. The van der Waals surface area contributed by atoms with Gasteiger partial charge in [0.1, 0.15) is 0 Å². The van der Waals surface area contributed by atoms with Crippen LogP contribution >= 0.6 is 0 Å². The molecule has 0 aromatic heterocycles. The fourth-order valence-electron chi connectivity index (χ4n) is 3.48. The Morgan fingerprint density at radius 1 is 1.18 bits per heavy atom. The molecule has 1 aliphatic carbocycles. The van der Waals surface area contributed by atoms with Crippen molar-refractivity contribution in [2.75, 3.05) is 6.61 Å². The molecule has 1 heteroatoms. The summed E-state index contributed by atoms with van der Waals surface area (Å²) in [5.41, 5.74) is 6.01. The van der Waals surface area contributed by atoms with Gasteiger partial charge in [-0.3, -0.25) is 0 Å². The normalized spacial score (nSPS) is 18.2. The quantitative estimate of drug-likeness (QED) is 0.683. The highest BCUT2D eigenvalue weighted by Crippen LogP contribution is 2.40. The summed E-state index contributed by atoms with van der Waals surface area (Å²) >= 11 is 0. The Morgan fingerprint density at radius 2 is 2.00 bits per heavy atom. The van der Waals surface area contributed by atoms with E-state index in [1.54, 1.807) is 5.57 Å². The molecule has 0 amide bonds. The van der Waals surface area contributed by atoms with Crippen molar-refractivity contribution in [2.24, 2.45) is 5.41 Å². The first kappa shape index (κ1) is 17.0. The van der Waals surface area contributed by atoms with Crippen molar-refractivity contribution in [1.82, 2.24) is 0 Å². The lowest BCUT2D eigenvalue weighted by Gasteiger charge is -2.32. The second-order valence-corrected chi connectivity index (χ2v) is 7.19. The Bertz CT molecular complexity index is 549. The van der Waals surface area contributed by atoms with E-state index in [4.69, 9.17) is 5.11 Å². The second-order valence-electron chi connectivity index (χ2n) is 7.19. The molecule has 1 N–H and O–H groups in total. The molecular weight excluding hydrogens is 268 g/mol. The number of hydrogen-bond donors (Lipinski definition) is 1. The van der Waals surface area contributed by atoms with Gasteiger partial charge in [0.2, 0.25) is 0 Å². The van der Waals surface area contributed by atoms with Gasteiger partial charge in [-0.15, -0.1) is 0 Å². The first-order valence-electron chi connectivity index (χ1n) is 8.61. The molecule has 1 aromatic rings. The third-order valence-corrected chi connectivity index (χ3v) is 4.81. The van der Waals surface area contributed by atoms with E-state index in [0.717, 1.165) is 19.3 Å². The van der Waals surface area contributed by atoms with Gasteiger partial charge in [-0.2, -0.15) is 0 Å². The van der Waals surface area contributed by atoms with E-state index in [1.165, 1.54) is 36.0 Å². The fourth-order valence-corrected chi connectivity index (χ4v) is 3.48. The van der Waals surface area contributed by atoms with Crippen molar-refractivity contribution in [3.63, 3.8) is 0 Å². The summed E-state index contributed by atoms with van der Waals surface area (Å²) in [5.74, 6) is 0. The lowest BCUT2D eigenvalue weighted by molar-refractivity contribution is 0.284. The molecule has 0 aliphatic heterocycles. The number of hydrogen-bond acceptors (Lipinski definition) is 1. The van der Waals surface area contributed by atoms with Crippen molar-refractivity contribution >= 4 is 6.08 Å². The molecule has 0 spiro atoms.